The normalized spacial score (nSPS) is 6.40. The van der Waals surface area contributed by atoms with E-state index in [0.29, 0.717) is 0 Å². The summed E-state index contributed by atoms with van der Waals surface area (Å²) in [6.07, 6.45) is 0. The summed E-state index contributed by atoms with van der Waals surface area (Å²) in [4.78, 5) is 0. The van der Waals surface area contributed by atoms with Crippen LogP contribution in [0.25, 0.3) is 0 Å². The molecule has 0 aliphatic rings. The van der Waals surface area contributed by atoms with Crippen molar-refractivity contribution in [1.82, 2.24) is 0 Å². The van der Waals surface area contributed by atoms with Gasteiger partial charge in [0.25, 0.3) is 0 Å². The van der Waals surface area contributed by atoms with Crippen molar-refractivity contribution in [3.8, 4) is 4.09 Å². The number of hydrogen-bond donors (Lipinski definition) is 0. The number of nitriles is 1. The maximum absolute atomic E-state index is 7.89. The molecule has 26 valence electrons. The third kappa shape index (κ3) is 4.29. The van der Waals surface area contributed by atoms with Crippen molar-refractivity contribution in [3.05, 3.63) is 0 Å². The second-order valence-electron chi connectivity index (χ2n) is 0.642. The summed E-state index contributed by atoms with van der Waals surface area (Å²) < 4.78 is 3.34. The Kier molecular flexibility index (Phi) is 4.54. The van der Waals surface area contributed by atoms with Crippen LogP contribution in [0.5, 0.6) is 0 Å². The summed E-state index contributed by atoms with van der Waals surface area (Å²) in [6.45, 7) is 2.06. The Morgan fingerprint density at radius 1 is 2.00 bits per heavy atom. The van der Waals surface area contributed by atoms with Crippen molar-refractivity contribution < 1.29 is 0 Å². The topological polar surface area (TPSA) is 23.8 Å². The molecular weight excluding hydrogens is 169 g/mol. The van der Waals surface area contributed by atoms with Crippen LogP contribution in [0, 0.1) is 9.35 Å². The summed E-state index contributed by atoms with van der Waals surface area (Å²) in [6, 6.07) is 0. The quantitative estimate of drug-likeness (QED) is 0.534. The van der Waals surface area contributed by atoms with Crippen molar-refractivity contribution in [2.75, 3.05) is 0 Å². The molecule has 0 saturated heterocycles. The molecule has 0 aromatic carbocycles. The molecule has 0 N–H and O–H groups in total. The Balaban J connectivity index is 2.48. The van der Waals surface area contributed by atoms with Gasteiger partial charge in [0, 0.05) is 0 Å². The van der Waals surface area contributed by atoms with Gasteiger partial charge in [0.1, 0.15) is 0 Å². The standard InChI is InChI=1S/C2H5.CN.Sn/c2*1-2;/h1H2,2H3;;. The minimum atomic E-state index is -0.477. The summed E-state index contributed by atoms with van der Waals surface area (Å²) >= 11 is -0.477. The zero-order valence-corrected chi connectivity index (χ0v) is 6.01. The Labute approximate surface area is 42.2 Å². The Bertz CT molecular complexity index is 45.3. The van der Waals surface area contributed by atoms with E-state index in [0.717, 1.165) is 4.44 Å². The summed E-state index contributed by atoms with van der Waals surface area (Å²) in [5.74, 6) is 0. The molecule has 0 unspecified atom stereocenters. The van der Waals surface area contributed by atoms with E-state index in [2.05, 4.69) is 11.0 Å². The molecule has 5 heavy (non-hydrogen) atoms. The van der Waals surface area contributed by atoms with Gasteiger partial charge in [-0.2, -0.15) is 0 Å². The van der Waals surface area contributed by atoms with Gasteiger partial charge in [-0.3, -0.25) is 0 Å². The van der Waals surface area contributed by atoms with Gasteiger partial charge in [0.2, 0.25) is 0 Å². The summed E-state index contributed by atoms with van der Waals surface area (Å²) in [5.41, 5.74) is 0. The monoisotopic (exact) mass is 175 g/mol. The van der Waals surface area contributed by atoms with Crippen LogP contribution in [0.4, 0.5) is 0 Å². The zero-order chi connectivity index (χ0) is 4.12. The Hall–Kier alpha value is 0.289. The maximum atomic E-state index is 7.89. The molecule has 0 amide bonds. The zero-order valence-electron chi connectivity index (χ0n) is 3.15. The Morgan fingerprint density at radius 3 is 2.60 bits per heavy atom. The van der Waals surface area contributed by atoms with Crippen molar-refractivity contribution >= 4 is 21.1 Å². The molecule has 0 atom stereocenters. The van der Waals surface area contributed by atoms with E-state index in [-0.39, 0.29) is 0 Å². The summed E-state index contributed by atoms with van der Waals surface area (Å²) in [5, 5.41) is 7.89. The molecule has 0 aliphatic heterocycles. The van der Waals surface area contributed by atoms with Gasteiger partial charge < -0.3 is 0 Å². The van der Waals surface area contributed by atoms with Crippen LogP contribution in [0.3, 0.4) is 0 Å². The van der Waals surface area contributed by atoms with Gasteiger partial charge in [-0.15, -0.1) is 0 Å². The Morgan fingerprint density at radius 2 is 2.60 bits per heavy atom. The van der Waals surface area contributed by atoms with Crippen molar-refractivity contribution in [1.29, 1.82) is 5.26 Å². The van der Waals surface area contributed by atoms with Gasteiger partial charge in [-0.25, -0.2) is 0 Å². The molecule has 0 heterocycles. The molecular formula is C3H5NSn. The fourth-order valence-corrected chi connectivity index (χ4v) is 0.530. The minimum absolute atomic E-state index is 0.477. The van der Waals surface area contributed by atoms with Crippen molar-refractivity contribution in [2.24, 2.45) is 0 Å². The molecule has 2 heteroatoms. The molecule has 1 nitrogen and oxygen atoms in total. The van der Waals surface area contributed by atoms with Crippen LogP contribution in [-0.2, 0) is 0 Å². The predicted octanol–water partition coefficient (Wildman–Crippen LogP) is 0.610. The van der Waals surface area contributed by atoms with Gasteiger partial charge in [0.15, 0.2) is 0 Å². The van der Waals surface area contributed by atoms with Gasteiger partial charge in [-0.1, -0.05) is 0 Å². The molecule has 0 fully saturated rings. The number of rotatable bonds is 1. The first-order chi connectivity index (χ1) is 2.41. The van der Waals surface area contributed by atoms with Crippen molar-refractivity contribution in [3.63, 3.8) is 0 Å². The van der Waals surface area contributed by atoms with Gasteiger partial charge in [0.05, 0.1) is 0 Å². The molecule has 0 aliphatic carbocycles. The van der Waals surface area contributed by atoms with E-state index in [1.54, 1.807) is 0 Å². The van der Waals surface area contributed by atoms with E-state index in [1.165, 1.54) is 0 Å². The second-order valence-corrected chi connectivity index (χ2v) is 4.31. The average Bonchev–Trinajstić information content (AvgIpc) is 1.41. The molecule has 0 saturated carbocycles. The average molecular weight is 174 g/mol. The van der Waals surface area contributed by atoms with Crippen LogP contribution in [0.1, 0.15) is 6.92 Å². The van der Waals surface area contributed by atoms with E-state index in [9.17, 15) is 0 Å². The molecule has 0 aromatic heterocycles. The van der Waals surface area contributed by atoms with Crippen LogP contribution in [0.2, 0.25) is 4.44 Å². The van der Waals surface area contributed by atoms with Crippen molar-refractivity contribution in [2.45, 2.75) is 11.4 Å². The fraction of sp³-hybridized carbons (Fsp3) is 0.667. The third-order valence-electron chi connectivity index (χ3n) is 0.256. The van der Waals surface area contributed by atoms with Crippen LogP contribution in [0.15, 0.2) is 0 Å². The molecule has 0 spiro atoms. The van der Waals surface area contributed by atoms with Crippen LogP contribution in [-0.4, -0.2) is 21.1 Å². The van der Waals surface area contributed by atoms with E-state index >= 15 is 0 Å². The molecule has 0 bridgehead atoms. The first kappa shape index (κ1) is 5.29. The van der Waals surface area contributed by atoms with E-state index in [4.69, 9.17) is 5.26 Å². The second kappa shape index (κ2) is 4.29. The molecule has 0 aromatic rings. The first-order valence-electron chi connectivity index (χ1n) is 1.53. The summed E-state index contributed by atoms with van der Waals surface area (Å²) in [7, 11) is 0. The number of hydrogen-bond acceptors (Lipinski definition) is 1. The van der Waals surface area contributed by atoms with Crippen LogP contribution >= 0.6 is 0 Å². The van der Waals surface area contributed by atoms with E-state index in [1.807, 2.05) is 0 Å². The SMILES string of the molecule is C[CH2][Sn][C]#N. The number of nitrogens with zero attached hydrogens (tertiary/aromatic N) is 1. The van der Waals surface area contributed by atoms with Gasteiger partial charge >= 0.3 is 41.8 Å². The van der Waals surface area contributed by atoms with Crippen LogP contribution < -0.4 is 0 Å². The fourth-order valence-electron chi connectivity index (χ4n) is 0.0791. The molecule has 0 rings (SSSR count). The molecule has 2 radical (unpaired) electrons. The van der Waals surface area contributed by atoms with Gasteiger partial charge in [-0.05, 0) is 0 Å². The predicted molar refractivity (Wildman–Crippen MR) is 21.8 cm³/mol. The van der Waals surface area contributed by atoms with E-state index < -0.39 is 21.1 Å². The third-order valence-corrected chi connectivity index (χ3v) is 1.72. The first-order valence-corrected chi connectivity index (χ1v) is 4.98.